The van der Waals surface area contributed by atoms with Crippen LogP contribution in [0.25, 0.3) is 0 Å². The van der Waals surface area contributed by atoms with Crippen molar-refractivity contribution < 1.29 is 23.8 Å². The van der Waals surface area contributed by atoms with Gasteiger partial charge in [0.15, 0.2) is 11.5 Å². The standard InChI is InChI=1S/C18H26N2O5/c1-5-6-7-20-11-12(8-16(20)21)18(22)19-13-9-14(23-2)17(25-4)15(10-13)24-3/h9-10,12H,5-8,11H2,1-4H3,(H,19,22). The van der Waals surface area contributed by atoms with Crippen molar-refractivity contribution in [1.29, 1.82) is 0 Å². The average molecular weight is 350 g/mol. The first-order valence-corrected chi connectivity index (χ1v) is 8.42. The van der Waals surface area contributed by atoms with Crippen LogP contribution >= 0.6 is 0 Å². The second-order valence-corrected chi connectivity index (χ2v) is 6.00. The van der Waals surface area contributed by atoms with Gasteiger partial charge in [-0.25, -0.2) is 0 Å². The predicted octanol–water partition coefficient (Wildman–Crippen LogP) is 2.30. The van der Waals surface area contributed by atoms with Crippen LogP contribution in [0, 0.1) is 5.92 Å². The Bertz CT molecular complexity index is 607. The van der Waals surface area contributed by atoms with Crippen LogP contribution in [0.2, 0.25) is 0 Å². The van der Waals surface area contributed by atoms with E-state index in [0.717, 1.165) is 12.8 Å². The molecule has 0 saturated carbocycles. The number of nitrogens with one attached hydrogen (secondary N) is 1. The van der Waals surface area contributed by atoms with Gasteiger partial charge in [-0.1, -0.05) is 13.3 Å². The largest absolute Gasteiger partial charge is 0.493 e. The highest BCUT2D eigenvalue weighted by Gasteiger charge is 2.34. The summed E-state index contributed by atoms with van der Waals surface area (Å²) < 4.78 is 15.8. The van der Waals surface area contributed by atoms with Crippen LogP contribution in [0.4, 0.5) is 5.69 Å². The number of hydrogen-bond donors (Lipinski definition) is 1. The lowest BCUT2D eigenvalue weighted by Gasteiger charge is -2.17. The van der Waals surface area contributed by atoms with E-state index in [9.17, 15) is 9.59 Å². The van der Waals surface area contributed by atoms with Crippen molar-refractivity contribution in [2.45, 2.75) is 26.2 Å². The number of rotatable bonds is 8. The van der Waals surface area contributed by atoms with Gasteiger partial charge in [0, 0.05) is 37.3 Å². The number of ether oxygens (including phenoxy) is 3. The second-order valence-electron chi connectivity index (χ2n) is 6.00. The van der Waals surface area contributed by atoms with E-state index < -0.39 is 0 Å². The minimum Gasteiger partial charge on any atom is -0.493 e. The summed E-state index contributed by atoms with van der Waals surface area (Å²) >= 11 is 0. The molecule has 7 heteroatoms. The van der Waals surface area contributed by atoms with Crippen LogP contribution in [-0.2, 0) is 9.59 Å². The topological polar surface area (TPSA) is 77.1 Å². The Hall–Kier alpha value is -2.44. The summed E-state index contributed by atoms with van der Waals surface area (Å²) in [4.78, 5) is 26.3. The van der Waals surface area contributed by atoms with Crippen LogP contribution in [0.5, 0.6) is 17.2 Å². The highest BCUT2D eigenvalue weighted by molar-refractivity contribution is 5.97. The molecule has 1 aliphatic heterocycles. The van der Waals surface area contributed by atoms with Crippen LogP contribution < -0.4 is 19.5 Å². The lowest BCUT2D eigenvalue weighted by Crippen LogP contribution is -2.29. The quantitative estimate of drug-likeness (QED) is 0.778. The molecule has 0 aromatic heterocycles. The summed E-state index contributed by atoms with van der Waals surface area (Å²) in [6, 6.07) is 3.34. The van der Waals surface area contributed by atoms with E-state index in [4.69, 9.17) is 14.2 Å². The number of amides is 2. The number of hydrogen-bond acceptors (Lipinski definition) is 5. The third-order valence-corrected chi connectivity index (χ3v) is 4.30. The van der Waals surface area contributed by atoms with E-state index >= 15 is 0 Å². The molecule has 0 spiro atoms. The molecule has 138 valence electrons. The molecule has 1 aliphatic rings. The average Bonchev–Trinajstić information content (AvgIpc) is 2.99. The zero-order chi connectivity index (χ0) is 18.4. The van der Waals surface area contributed by atoms with Crippen LogP contribution in [-0.4, -0.2) is 51.1 Å². The van der Waals surface area contributed by atoms with Crippen molar-refractivity contribution in [2.24, 2.45) is 5.92 Å². The maximum atomic E-state index is 12.5. The number of benzene rings is 1. The zero-order valence-corrected chi connectivity index (χ0v) is 15.3. The Morgan fingerprint density at radius 1 is 1.20 bits per heavy atom. The van der Waals surface area contributed by atoms with Gasteiger partial charge in [0.1, 0.15) is 0 Å². The maximum Gasteiger partial charge on any atom is 0.229 e. The number of methoxy groups -OCH3 is 3. The molecule has 2 rings (SSSR count). The van der Waals surface area contributed by atoms with Gasteiger partial charge < -0.3 is 24.4 Å². The number of carbonyl (C=O) groups is 2. The highest BCUT2D eigenvalue weighted by atomic mass is 16.5. The molecule has 1 unspecified atom stereocenters. The Morgan fingerprint density at radius 3 is 2.36 bits per heavy atom. The molecule has 1 aromatic carbocycles. The molecular weight excluding hydrogens is 324 g/mol. The number of unbranched alkanes of at least 4 members (excludes halogenated alkanes) is 1. The lowest BCUT2D eigenvalue weighted by atomic mass is 10.1. The Balaban J connectivity index is 2.09. The minimum absolute atomic E-state index is 0.0403. The van der Waals surface area contributed by atoms with E-state index in [2.05, 4.69) is 12.2 Å². The third-order valence-electron chi connectivity index (χ3n) is 4.30. The third kappa shape index (κ3) is 4.35. The van der Waals surface area contributed by atoms with Crippen LogP contribution in [0.1, 0.15) is 26.2 Å². The summed E-state index contributed by atoms with van der Waals surface area (Å²) in [5, 5.41) is 2.85. The van der Waals surface area contributed by atoms with Crippen molar-refractivity contribution in [2.75, 3.05) is 39.7 Å². The summed E-state index contributed by atoms with van der Waals surface area (Å²) in [6.45, 7) is 3.26. The van der Waals surface area contributed by atoms with Crippen molar-refractivity contribution in [1.82, 2.24) is 4.90 Å². The summed E-state index contributed by atoms with van der Waals surface area (Å²) in [6.07, 6.45) is 2.22. The van der Waals surface area contributed by atoms with Gasteiger partial charge >= 0.3 is 0 Å². The molecular formula is C18H26N2O5. The first-order chi connectivity index (χ1) is 12.0. The maximum absolute atomic E-state index is 12.5. The number of likely N-dealkylation sites (tertiary alicyclic amines) is 1. The smallest absolute Gasteiger partial charge is 0.229 e. The van der Waals surface area contributed by atoms with Crippen molar-refractivity contribution in [3.05, 3.63) is 12.1 Å². The monoisotopic (exact) mass is 350 g/mol. The van der Waals surface area contributed by atoms with Crippen LogP contribution in [0.15, 0.2) is 12.1 Å². The second kappa shape index (κ2) is 8.60. The molecule has 0 bridgehead atoms. The van der Waals surface area contributed by atoms with Gasteiger partial charge in [-0.2, -0.15) is 0 Å². The van der Waals surface area contributed by atoms with Crippen molar-refractivity contribution in [3.63, 3.8) is 0 Å². The molecule has 1 heterocycles. The molecule has 1 aromatic rings. The molecule has 1 N–H and O–H groups in total. The fraction of sp³-hybridized carbons (Fsp3) is 0.556. The Kier molecular flexibility index (Phi) is 6.50. The number of carbonyl (C=O) groups excluding carboxylic acids is 2. The number of anilines is 1. The van der Waals surface area contributed by atoms with Crippen molar-refractivity contribution in [3.8, 4) is 17.2 Å². The molecule has 0 aliphatic carbocycles. The van der Waals surface area contributed by atoms with Gasteiger partial charge in [0.2, 0.25) is 17.6 Å². The Labute approximate surface area is 148 Å². The number of nitrogens with zero attached hydrogens (tertiary/aromatic N) is 1. The fourth-order valence-electron chi connectivity index (χ4n) is 2.91. The summed E-state index contributed by atoms with van der Waals surface area (Å²) in [5.41, 5.74) is 0.541. The first-order valence-electron chi connectivity index (χ1n) is 8.42. The van der Waals surface area contributed by atoms with E-state index in [1.54, 1.807) is 17.0 Å². The first kappa shape index (κ1) is 18.9. The van der Waals surface area contributed by atoms with Gasteiger partial charge in [-0.3, -0.25) is 9.59 Å². The van der Waals surface area contributed by atoms with Crippen molar-refractivity contribution >= 4 is 17.5 Å². The van der Waals surface area contributed by atoms with E-state index in [0.29, 0.717) is 36.0 Å². The molecule has 1 saturated heterocycles. The highest BCUT2D eigenvalue weighted by Crippen LogP contribution is 2.40. The normalized spacial score (nSPS) is 16.7. The molecule has 7 nitrogen and oxygen atoms in total. The minimum atomic E-state index is -0.344. The lowest BCUT2D eigenvalue weighted by molar-refractivity contribution is -0.128. The molecule has 0 radical (unpaired) electrons. The molecule has 25 heavy (non-hydrogen) atoms. The van der Waals surface area contributed by atoms with E-state index in [1.165, 1.54) is 21.3 Å². The zero-order valence-electron chi connectivity index (χ0n) is 15.3. The molecule has 1 fully saturated rings. The predicted molar refractivity (Wildman–Crippen MR) is 94.3 cm³/mol. The SMILES string of the molecule is CCCCN1CC(C(=O)Nc2cc(OC)c(OC)c(OC)c2)CC1=O. The van der Waals surface area contributed by atoms with Gasteiger partial charge in [-0.15, -0.1) is 0 Å². The molecule has 1 atom stereocenters. The van der Waals surface area contributed by atoms with E-state index in [-0.39, 0.29) is 24.2 Å². The van der Waals surface area contributed by atoms with Gasteiger partial charge in [0.05, 0.1) is 27.2 Å². The van der Waals surface area contributed by atoms with Crippen LogP contribution in [0.3, 0.4) is 0 Å². The summed E-state index contributed by atoms with van der Waals surface area (Å²) in [5.74, 6) is 0.904. The Morgan fingerprint density at radius 2 is 1.84 bits per heavy atom. The van der Waals surface area contributed by atoms with Gasteiger partial charge in [-0.05, 0) is 6.42 Å². The fourth-order valence-corrected chi connectivity index (χ4v) is 2.91. The van der Waals surface area contributed by atoms with E-state index in [1.807, 2.05) is 0 Å². The molecule has 2 amide bonds. The van der Waals surface area contributed by atoms with Gasteiger partial charge in [0.25, 0.3) is 0 Å². The summed E-state index contributed by atoms with van der Waals surface area (Å²) in [7, 11) is 4.56.